The van der Waals surface area contributed by atoms with Gasteiger partial charge in [-0.15, -0.1) is 0 Å². The van der Waals surface area contributed by atoms with Gasteiger partial charge in [0.15, 0.2) is 0 Å². The van der Waals surface area contributed by atoms with Crippen LogP contribution >= 0.6 is 27.7 Å². The van der Waals surface area contributed by atoms with Gasteiger partial charge in [0.25, 0.3) is 0 Å². The highest BCUT2D eigenvalue weighted by Gasteiger charge is 2.13. The molecule has 1 aromatic rings. The molecule has 1 atom stereocenters. The lowest BCUT2D eigenvalue weighted by molar-refractivity contribution is 0.324. The van der Waals surface area contributed by atoms with Gasteiger partial charge in [0, 0.05) is 22.8 Å². The van der Waals surface area contributed by atoms with E-state index >= 15 is 0 Å². The summed E-state index contributed by atoms with van der Waals surface area (Å²) in [6.07, 6.45) is 3.30. The number of hydrogen-bond donors (Lipinski definition) is 1. The lowest BCUT2D eigenvalue weighted by atomic mass is 10.0. The van der Waals surface area contributed by atoms with E-state index in [1.165, 1.54) is 15.8 Å². The van der Waals surface area contributed by atoms with Crippen molar-refractivity contribution in [1.29, 1.82) is 0 Å². The van der Waals surface area contributed by atoms with Gasteiger partial charge in [-0.05, 0) is 44.4 Å². The molecular weight excluding hydrogens is 320 g/mol. The topological polar surface area (TPSA) is 15.3 Å². The zero-order valence-corrected chi connectivity index (χ0v) is 14.6. The van der Waals surface area contributed by atoms with Crippen molar-refractivity contribution >= 4 is 27.7 Å². The molecule has 0 amide bonds. The maximum Gasteiger partial charge on any atom is 0.0343 e. The Bertz CT molecular complexity index is 360. The Morgan fingerprint density at radius 2 is 2.05 bits per heavy atom. The van der Waals surface area contributed by atoms with Gasteiger partial charge >= 0.3 is 0 Å². The second kappa shape index (κ2) is 9.81. The summed E-state index contributed by atoms with van der Waals surface area (Å²) in [5.41, 5.74) is 1.36. The molecule has 1 N–H and O–H groups in total. The molecule has 0 aromatic heterocycles. The summed E-state index contributed by atoms with van der Waals surface area (Å²) in [5, 5.41) is 3.59. The van der Waals surface area contributed by atoms with E-state index in [1.807, 2.05) is 11.8 Å². The third-order valence-electron chi connectivity index (χ3n) is 3.21. The monoisotopic (exact) mass is 344 g/mol. The molecule has 4 heteroatoms. The zero-order valence-electron chi connectivity index (χ0n) is 12.2. The Morgan fingerprint density at radius 3 is 2.68 bits per heavy atom. The summed E-state index contributed by atoms with van der Waals surface area (Å²) in [6.45, 7) is 5.46. The number of thioether (sulfide) groups is 1. The minimum Gasteiger partial charge on any atom is -0.310 e. The quantitative estimate of drug-likeness (QED) is 0.733. The first-order valence-corrected chi connectivity index (χ1v) is 9.03. The second-order valence-electron chi connectivity index (χ2n) is 4.72. The van der Waals surface area contributed by atoms with Crippen LogP contribution in [0.15, 0.2) is 28.7 Å². The van der Waals surface area contributed by atoms with Crippen LogP contribution in [0.2, 0.25) is 0 Å². The van der Waals surface area contributed by atoms with Gasteiger partial charge in [0.05, 0.1) is 0 Å². The van der Waals surface area contributed by atoms with Gasteiger partial charge < -0.3 is 10.2 Å². The number of nitrogens with zero attached hydrogens (tertiary/aromatic N) is 1. The molecule has 0 aliphatic rings. The third-order valence-corrected chi connectivity index (χ3v) is 4.52. The van der Waals surface area contributed by atoms with Crippen LogP contribution < -0.4 is 5.32 Å². The summed E-state index contributed by atoms with van der Waals surface area (Å²) in [5.74, 6) is 1.21. The van der Waals surface area contributed by atoms with Crippen LogP contribution in [0.3, 0.4) is 0 Å². The van der Waals surface area contributed by atoms with Crippen molar-refractivity contribution in [1.82, 2.24) is 10.2 Å². The molecule has 0 saturated carbocycles. The Hall–Kier alpha value is -0.0300. The number of benzene rings is 1. The molecule has 19 heavy (non-hydrogen) atoms. The Kier molecular flexibility index (Phi) is 8.79. The average Bonchev–Trinajstić information content (AvgIpc) is 2.42. The van der Waals surface area contributed by atoms with Gasteiger partial charge in [-0.2, -0.15) is 11.8 Å². The second-order valence-corrected chi connectivity index (χ2v) is 6.56. The molecule has 0 aliphatic carbocycles. The average molecular weight is 345 g/mol. The van der Waals surface area contributed by atoms with E-state index in [-0.39, 0.29) is 0 Å². The maximum absolute atomic E-state index is 3.66. The number of hydrogen-bond acceptors (Lipinski definition) is 3. The van der Waals surface area contributed by atoms with Gasteiger partial charge in [0.2, 0.25) is 0 Å². The fourth-order valence-corrected chi connectivity index (χ4v) is 3.14. The predicted octanol–water partition coefficient (Wildman–Crippen LogP) is 3.78. The van der Waals surface area contributed by atoms with Crippen LogP contribution in [0, 0.1) is 0 Å². The van der Waals surface area contributed by atoms with Gasteiger partial charge in [0.1, 0.15) is 0 Å². The highest BCUT2D eigenvalue weighted by molar-refractivity contribution is 9.10. The smallest absolute Gasteiger partial charge is 0.0343 e. The molecule has 0 aliphatic heterocycles. The summed E-state index contributed by atoms with van der Waals surface area (Å²) in [6, 6.07) is 8.94. The number of rotatable bonds is 9. The highest BCUT2D eigenvalue weighted by atomic mass is 79.9. The lowest BCUT2D eigenvalue weighted by Gasteiger charge is -2.23. The molecule has 108 valence electrons. The SMILES string of the molecule is CCNC(CCN(C)CCSC)c1ccccc1Br. The maximum atomic E-state index is 3.66. The molecule has 0 saturated heterocycles. The molecule has 0 spiro atoms. The predicted molar refractivity (Wildman–Crippen MR) is 91.1 cm³/mol. The number of nitrogens with one attached hydrogen (secondary N) is 1. The molecule has 0 heterocycles. The van der Waals surface area contributed by atoms with Crippen molar-refractivity contribution in [2.24, 2.45) is 0 Å². The highest BCUT2D eigenvalue weighted by Crippen LogP contribution is 2.25. The molecular formula is C15H25BrN2S. The van der Waals surface area contributed by atoms with E-state index < -0.39 is 0 Å². The van der Waals surface area contributed by atoms with Crippen molar-refractivity contribution in [3.63, 3.8) is 0 Å². The molecule has 0 fully saturated rings. The first kappa shape index (κ1) is 17.0. The minimum atomic E-state index is 0.428. The van der Waals surface area contributed by atoms with Crippen LogP contribution in [-0.2, 0) is 0 Å². The van der Waals surface area contributed by atoms with Crippen LogP contribution in [-0.4, -0.2) is 43.6 Å². The molecule has 2 nitrogen and oxygen atoms in total. The van der Waals surface area contributed by atoms with Crippen molar-refractivity contribution in [3.05, 3.63) is 34.3 Å². The summed E-state index contributed by atoms with van der Waals surface area (Å²) in [7, 11) is 2.21. The Balaban J connectivity index is 2.56. The van der Waals surface area contributed by atoms with Crippen molar-refractivity contribution in [3.8, 4) is 0 Å². The first-order valence-electron chi connectivity index (χ1n) is 6.84. The van der Waals surface area contributed by atoms with Crippen LogP contribution in [0.4, 0.5) is 0 Å². The van der Waals surface area contributed by atoms with E-state index in [9.17, 15) is 0 Å². The fourth-order valence-electron chi connectivity index (χ4n) is 2.08. The van der Waals surface area contributed by atoms with Crippen LogP contribution in [0.1, 0.15) is 24.9 Å². The van der Waals surface area contributed by atoms with Crippen molar-refractivity contribution < 1.29 is 0 Å². The fraction of sp³-hybridized carbons (Fsp3) is 0.600. The Labute approximate surface area is 130 Å². The molecule has 1 unspecified atom stereocenters. The van der Waals surface area contributed by atoms with Crippen LogP contribution in [0.5, 0.6) is 0 Å². The normalized spacial score (nSPS) is 12.9. The van der Waals surface area contributed by atoms with E-state index in [0.717, 1.165) is 26.1 Å². The Morgan fingerprint density at radius 1 is 1.32 bits per heavy atom. The van der Waals surface area contributed by atoms with Crippen molar-refractivity contribution in [2.45, 2.75) is 19.4 Å². The lowest BCUT2D eigenvalue weighted by Crippen LogP contribution is -2.28. The van der Waals surface area contributed by atoms with Crippen molar-refractivity contribution in [2.75, 3.05) is 38.7 Å². The van der Waals surface area contributed by atoms with Gasteiger partial charge in [-0.25, -0.2) is 0 Å². The molecule has 0 radical (unpaired) electrons. The standard InChI is InChI=1S/C15H25BrN2S/c1-4-17-15(9-10-18(2)11-12-19-3)13-7-5-6-8-14(13)16/h5-8,15,17H,4,9-12H2,1-3H3. The van der Waals surface area contributed by atoms with E-state index in [1.54, 1.807) is 0 Å². The zero-order chi connectivity index (χ0) is 14.1. The minimum absolute atomic E-state index is 0.428. The number of halogens is 1. The molecule has 1 rings (SSSR count). The van der Waals surface area contributed by atoms with Gasteiger partial charge in [-0.3, -0.25) is 0 Å². The summed E-state index contributed by atoms with van der Waals surface area (Å²) < 4.78 is 1.20. The molecule has 0 bridgehead atoms. The van der Waals surface area contributed by atoms with E-state index in [2.05, 4.69) is 70.6 Å². The first-order chi connectivity index (χ1) is 9.19. The summed E-state index contributed by atoms with van der Waals surface area (Å²) >= 11 is 5.57. The van der Waals surface area contributed by atoms with Gasteiger partial charge in [-0.1, -0.05) is 41.1 Å². The largest absolute Gasteiger partial charge is 0.310 e. The van der Waals surface area contributed by atoms with E-state index in [0.29, 0.717) is 6.04 Å². The molecule has 1 aromatic carbocycles. The van der Waals surface area contributed by atoms with E-state index in [4.69, 9.17) is 0 Å². The third kappa shape index (κ3) is 6.30. The summed E-state index contributed by atoms with van der Waals surface area (Å²) in [4.78, 5) is 2.41. The van der Waals surface area contributed by atoms with Crippen LogP contribution in [0.25, 0.3) is 0 Å².